The van der Waals surface area contributed by atoms with Gasteiger partial charge in [-0.1, -0.05) is 32.0 Å². The second-order valence-electron chi connectivity index (χ2n) is 6.20. The van der Waals surface area contributed by atoms with E-state index in [2.05, 4.69) is 69.5 Å². The molecule has 1 aromatic rings. The van der Waals surface area contributed by atoms with Gasteiger partial charge >= 0.3 is 0 Å². The van der Waals surface area contributed by atoms with Crippen LogP contribution >= 0.6 is 0 Å². The third kappa shape index (κ3) is 5.54. The van der Waals surface area contributed by atoms with E-state index in [4.69, 9.17) is 0 Å². The first-order valence-electron chi connectivity index (χ1n) is 6.98. The molecule has 0 aliphatic carbocycles. The molecule has 0 spiro atoms. The van der Waals surface area contributed by atoms with Crippen molar-refractivity contribution in [1.29, 1.82) is 0 Å². The molecule has 0 saturated heterocycles. The summed E-state index contributed by atoms with van der Waals surface area (Å²) in [5.74, 6) is 0.571. The van der Waals surface area contributed by atoms with Gasteiger partial charge in [0.2, 0.25) is 0 Å². The Morgan fingerprint density at radius 2 is 1.72 bits per heavy atom. The largest absolute Gasteiger partial charge is 0.385 e. The predicted molar refractivity (Wildman–Crippen MR) is 81.4 cm³/mol. The van der Waals surface area contributed by atoms with E-state index in [1.54, 1.807) is 0 Å². The first-order chi connectivity index (χ1) is 8.40. The summed E-state index contributed by atoms with van der Waals surface area (Å²) in [6.45, 7) is 13.2. The van der Waals surface area contributed by atoms with E-state index >= 15 is 0 Å². The molecule has 102 valence electrons. The van der Waals surface area contributed by atoms with Gasteiger partial charge < -0.3 is 10.6 Å². The lowest BCUT2D eigenvalue weighted by atomic mass is 10.0. The van der Waals surface area contributed by atoms with Crippen molar-refractivity contribution in [1.82, 2.24) is 5.32 Å². The van der Waals surface area contributed by atoms with E-state index in [0.717, 1.165) is 19.5 Å². The van der Waals surface area contributed by atoms with Crippen LogP contribution in [0.25, 0.3) is 0 Å². The van der Waals surface area contributed by atoms with Crippen molar-refractivity contribution in [2.45, 2.75) is 52.5 Å². The zero-order chi connectivity index (χ0) is 13.6. The van der Waals surface area contributed by atoms with Gasteiger partial charge in [0, 0.05) is 17.8 Å². The lowest BCUT2D eigenvalue weighted by Gasteiger charge is -2.21. The zero-order valence-corrected chi connectivity index (χ0v) is 12.5. The van der Waals surface area contributed by atoms with Gasteiger partial charge in [-0.2, -0.15) is 0 Å². The van der Waals surface area contributed by atoms with Gasteiger partial charge in [0.05, 0.1) is 0 Å². The minimum atomic E-state index is 0.218. The normalized spacial score (nSPS) is 11.9. The Bertz CT molecular complexity index is 350. The molecule has 2 N–H and O–H groups in total. The highest BCUT2D eigenvalue weighted by molar-refractivity contribution is 5.52. The zero-order valence-electron chi connectivity index (χ0n) is 12.5. The van der Waals surface area contributed by atoms with E-state index in [9.17, 15) is 0 Å². The minimum absolute atomic E-state index is 0.218. The highest BCUT2D eigenvalue weighted by Crippen LogP contribution is 2.23. The summed E-state index contributed by atoms with van der Waals surface area (Å²) in [7, 11) is 0. The van der Waals surface area contributed by atoms with Crippen LogP contribution in [-0.2, 0) is 0 Å². The third-order valence-corrected chi connectivity index (χ3v) is 2.91. The van der Waals surface area contributed by atoms with Crippen LogP contribution in [-0.4, -0.2) is 18.6 Å². The molecule has 0 saturated carbocycles. The fourth-order valence-corrected chi connectivity index (χ4v) is 1.94. The topological polar surface area (TPSA) is 24.1 Å². The van der Waals surface area contributed by atoms with Gasteiger partial charge in [-0.3, -0.25) is 0 Å². The molecular formula is C16H28N2. The van der Waals surface area contributed by atoms with Crippen molar-refractivity contribution in [3.8, 4) is 0 Å². The van der Waals surface area contributed by atoms with Crippen LogP contribution in [0.5, 0.6) is 0 Å². The maximum absolute atomic E-state index is 3.54. The van der Waals surface area contributed by atoms with Crippen LogP contribution in [0.1, 0.15) is 52.5 Å². The molecule has 1 aromatic carbocycles. The Kier molecular flexibility index (Phi) is 5.67. The first-order valence-corrected chi connectivity index (χ1v) is 6.98. The Hall–Kier alpha value is -1.02. The second kappa shape index (κ2) is 6.79. The van der Waals surface area contributed by atoms with Gasteiger partial charge in [-0.15, -0.1) is 0 Å². The van der Waals surface area contributed by atoms with Crippen LogP contribution in [0.2, 0.25) is 0 Å². The molecule has 0 amide bonds. The summed E-state index contributed by atoms with van der Waals surface area (Å²) < 4.78 is 0. The molecule has 2 nitrogen and oxygen atoms in total. The molecule has 0 radical (unpaired) electrons. The van der Waals surface area contributed by atoms with Crippen LogP contribution in [0.4, 0.5) is 5.69 Å². The monoisotopic (exact) mass is 248 g/mol. The molecule has 0 fully saturated rings. The van der Waals surface area contributed by atoms with Gasteiger partial charge in [0.15, 0.2) is 0 Å². The second-order valence-corrected chi connectivity index (χ2v) is 6.20. The van der Waals surface area contributed by atoms with Crippen LogP contribution in [0.3, 0.4) is 0 Å². The van der Waals surface area contributed by atoms with E-state index in [-0.39, 0.29) is 5.54 Å². The molecule has 0 aromatic heterocycles. The molecule has 0 heterocycles. The van der Waals surface area contributed by atoms with Crippen LogP contribution in [0.15, 0.2) is 24.3 Å². The maximum Gasteiger partial charge on any atom is 0.0375 e. The molecule has 18 heavy (non-hydrogen) atoms. The Labute approximate surface area is 112 Å². The molecule has 0 bridgehead atoms. The lowest BCUT2D eigenvalue weighted by molar-refractivity contribution is 0.425. The van der Waals surface area contributed by atoms with Crippen molar-refractivity contribution < 1.29 is 0 Å². The van der Waals surface area contributed by atoms with E-state index in [1.807, 2.05) is 0 Å². The number of rotatable bonds is 6. The average Bonchev–Trinajstić information content (AvgIpc) is 2.27. The molecule has 0 atom stereocenters. The summed E-state index contributed by atoms with van der Waals surface area (Å²) >= 11 is 0. The molecule has 0 aliphatic rings. The predicted octanol–water partition coefficient (Wildman–Crippen LogP) is 4.00. The summed E-state index contributed by atoms with van der Waals surface area (Å²) in [6.07, 6.45) is 1.14. The fourth-order valence-electron chi connectivity index (χ4n) is 1.94. The first kappa shape index (κ1) is 15.0. The van der Waals surface area contributed by atoms with Gasteiger partial charge in [-0.25, -0.2) is 0 Å². The fraction of sp³-hybridized carbons (Fsp3) is 0.625. The summed E-state index contributed by atoms with van der Waals surface area (Å²) in [5, 5.41) is 7.05. The maximum atomic E-state index is 3.54. The summed E-state index contributed by atoms with van der Waals surface area (Å²) in [4.78, 5) is 0. The highest BCUT2D eigenvalue weighted by atomic mass is 14.9. The van der Waals surface area contributed by atoms with Crippen molar-refractivity contribution in [3.05, 3.63) is 29.8 Å². The number of hydrogen-bond donors (Lipinski definition) is 2. The Balaban J connectivity index is 2.36. The van der Waals surface area contributed by atoms with Crippen molar-refractivity contribution in [3.63, 3.8) is 0 Å². The standard InChI is InChI=1S/C16H28N2/c1-13(2)14-9-6-7-10-15(14)17-11-8-12-18-16(3,4)5/h6-7,9-10,13,17-18H,8,11-12H2,1-5H3. The van der Waals surface area contributed by atoms with Gasteiger partial charge in [-0.05, 0) is 51.3 Å². The highest BCUT2D eigenvalue weighted by Gasteiger charge is 2.07. The van der Waals surface area contributed by atoms with Crippen molar-refractivity contribution >= 4 is 5.69 Å². The average molecular weight is 248 g/mol. The number of anilines is 1. The van der Waals surface area contributed by atoms with Crippen molar-refractivity contribution in [2.24, 2.45) is 0 Å². The van der Waals surface area contributed by atoms with Crippen LogP contribution < -0.4 is 10.6 Å². The third-order valence-electron chi connectivity index (χ3n) is 2.91. The summed E-state index contributed by atoms with van der Waals surface area (Å²) in [6, 6.07) is 8.59. The SMILES string of the molecule is CC(C)c1ccccc1NCCCNC(C)(C)C. The van der Waals surface area contributed by atoms with E-state index in [0.29, 0.717) is 5.92 Å². The Morgan fingerprint density at radius 3 is 2.33 bits per heavy atom. The molecule has 1 rings (SSSR count). The summed E-state index contributed by atoms with van der Waals surface area (Å²) in [5.41, 5.74) is 2.90. The number of benzene rings is 1. The van der Waals surface area contributed by atoms with Crippen LogP contribution in [0, 0.1) is 0 Å². The van der Waals surface area contributed by atoms with E-state index < -0.39 is 0 Å². The van der Waals surface area contributed by atoms with Gasteiger partial charge in [0.25, 0.3) is 0 Å². The Morgan fingerprint density at radius 1 is 1.06 bits per heavy atom. The van der Waals surface area contributed by atoms with Crippen molar-refractivity contribution in [2.75, 3.05) is 18.4 Å². The number of para-hydroxylation sites is 1. The quantitative estimate of drug-likeness (QED) is 0.744. The number of nitrogens with one attached hydrogen (secondary N) is 2. The molecular weight excluding hydrogens is 220 g/mol. The van der Waals surface area contributed by atoms with E-state index in [1.165, 1.54) is 11.3 Å². The molecule has 0 aliphatic heterocycles. The molecule has 2 heteroatoms. The number of hydrogen-bond acceptors (Lipinski definition) is 2. The van der Waals surface area contributed by atoms with Gasteiger partial charge in [0.1, 0.15) is 0 Å². The minimum Gasteiger partial charge on any atom is -0.385 e. The smallest absolute Gasteiger partial charge is 0.0375 e. The lowest BCUT2D eigenvalue weighted by Crippen LogP contribution is -2.36. The molecule has 0 unspecified atom stereocenters.